The highest BCUT2D eigenvalue weighted by molar-refractivity contribution is 6.46. The topological polar surface area (TPSA) is 58.6 Å². The Hall–Kier alpha value is -3.93. The first kappa shape index (κ1) is 20.3. The molecule has 0 bridgehead atoms. The molecule has 0 aliphatic carbocycles. The van der Waals surface area contributed by atoms with Crippen molar-refractivity contribution in [3.63, 3.8) is 0 Å². The van der Waals surface area contributed by atoms with Gasteiger partial charge in [-0.1, -0.05) is 43.3 Å². The normalized spacial score (nSPS) is 13.7. The Morgan fingerprint density at radius 3 is 2.35 bits per heavy atom. The maximum atomic E-state index is 13.8. The van der Waals surface area contributed by atoms with Gasteiger partial charge in [0, 0.05) is 11.3 Å². The maximum Gasteiger partial charge on any atom is 0.282 e. The molecule has 0 saturated heterocycles. The van der Waals surface area contributed by atoms with E-state index >= 15 is 0 Å². The largest absolute Gasteiger partial charge is 0.496 e. The van der Waals surface area contributed by atoms with E-state index < -0.39 is 17.6 Å². The number of hydrogen-bond donors (Lipinski definition) is 1. The lowest BCUT2D eigenvalue weighted by atomic mass is 10.0. The van der Waals surface area contributed by atoms with Gasteiger partial charge >= 0.3 is 0 Å². The van der Waals surface area contributed by atoms with E-state index in [1.54, 1.807) is 24.3 Å². The summed E-state index contributed by atoms with van der Waals surface area (Å²) in [6.45, 7) is 2.06. The van der Waals surface area contributed by atoms with Crippen LogP contribution in [0, 0.1) is 5.82 Å². The van der Waals surface area contributed by atoms with Gasteiger partial charge in [0.25, 0.3) is 11.8 Å². The Labute approximate surface area is 179 Å². The lowest BCUT2D eigenvalue weighted by Crippen LogP contribution is -2.32. The first-order chi connectivity index (χ1) is 15.0. The van der Waals surface area contributed by atoms with Crippen LogP contribution in [0.15, 0.2) is 78.5 Å². The highest BCUT2D eigenvalue weighted by Gasteiger charge is 2.41. The van der Waals surface area contributed by atoms with Gasteiger partial charge in [-0.15, -0.1) is 0 Å². The molecule has 1 N–H and O–H groups in total. The molecule has 31 heavy (non-hydrogen) atoms. The van der Waals surface area contributed by atoms with Crippen LogP contribution in [0.1, 0.15) is 18.1 Å². The van der Waals surface area contributed by atoms with E-state index in [0.29, 0.717) is 17.0 Å². The summed E-state index contributed by atoms with van der Waals surface area (Å²) in [7, 11) is 1.50. The van der Waals surface area contributed by atoms with Gasteiger partial charge in [0.1, 0.15) is 17.3 Å². The Kier molecular flexibility index (Phi) is 5.54. The molecule has 5 nitrogen and oxygen atoms in total. The van der Waals surface area contributed by atoms with Gasteiger partial charge in [-0.05, 0) is 48.4 Å². The maximum absolute atomic E-state index is 13.8. The highest BCUT2D eigenvalue weighted by atomic mass is 19.1. The molecule has 0 fully saturated rings. The molecular weight excluding hydrogens is 395 g/mol. The SMILES string of the molecule is CCc1ccc(NC2=C(c3ccccc3OC)C(=O)N(c3cccc(F)c3)C2=O)cc1. The summed E-state index contributed by atoms with van der Waals surface area (Å²) in [5.74, 6) is -1.18. The van der Waals surface area contributed by atoms with Crippen molar-refractivity contribution < 1.29 is 18.7 Å². The Balaban J connectivity index is 1.84. The van der Waals surface area contributed by atoms with Gasteiger partial charge < -0.3 is 10.1 Å². The molecule has 3 aromatic carbocycles. The van der Waals surface area contributed by atoms with Crippen LogP contribution in [0.25, 0.3) is 5.57 Å². The summed E-state index contributed by atoms with van der Waals surface area (Å²) >= 11 is 0. The minimum atomic E-state index is -0.559. The molecule has 1 aliphatic heterocycles. The number of nitrogens with one attached hydrogen (secondary N) is 1. The number of imide groups is 1. The van der Waals surface area contributed by atoms with Crippen LogP contribution < -0.4 is 15.0 Å². The molecule has 0 atom stereocenters. The number of para-hydroxylation sites is 1. The molecule has 0 unspecified atom stereocenters. The number of aryl methyl sites for hydroxylation is 1. The van der Waals surface area contributed by atoms with Crippen LogP contribution in [-0.2, 0) is 16.0 Å². The highest BCUT2D eigenvalue weighted by Crippen LogP contribution is 2.37. The number of halogens is 1. The summed E-state index contributed by atoms with van der Waals surface area (Å²) in [6, 6.07) is 20.0. The second-order valence-corrected chi connectivity index (χ2v) is 7.05. The number of rotatable bonds is 6. The van der Waals surface area contributed by atoms with Gasteiger partial charge in [-0.3, -0.25) is 9.59 Å². The number of carbonyl (C=O) groups excluding carboxylic acids is 2. The number of nitrogens with zero attached hydrogens (tertiary/aromatic N) is 1. The zero-order valence-corrected chi connectivity index (χ0v) is 17.2. The van der Waals surface area contributed by atoms with Gasteiger partial charge in [-0.2, -0.15) is 0 Å². The molecule has 0 saturated carbocycles. The first-order valence-electron chi connectivity index (χ1n) is 9.91. The first-order valence-corrected chi connectivity index (χ1v) is 9.91. The number of benzene rings is 3. The van der Waals surface area contributed by atoms with Crippen molar-refractivity contribution in [3.8, 4) is 5.75 Å². The molecule has 156 valence electrons. The average molecular weight is 416 g/mol. The quantitative estimate of drug-likeness (QED) is 0.587. The summed E-state index contributed by atoms with van der Waals surface area (Å²) in [5.41, 5.74) is 2.76. The van der Waals surface area contributed by atoms with Gasteiger partial charge in [0.15, 0.2) is 0 Å². The lowest BCUT2D eigenvalue weighted by molar-refractivity contribution is -0.120. The summed E-state index contributed by atoms with van der Waals surface area (Å²) in [5, 5.41) is 3.10. The molecule has 0 radical (unpaired) electrons. The van der Waals surface area contributed by atoms with Crippen LogP contribution in [-0.4, -0.2) is 18.9 Å². The molecule has 6 heteroatoms. The molecule has 4 rings (SSSR count). The van der Waals surface area contributed by atoms with Crippen molar-refractivity contribution in [2.45, 2.75) is 13.3 Å². The van der Waals surface area contributed by atoms with Crippen LogP contribution in [0.5, 0.6) is 5.75 Å². The number of anilines is 2. The second kappa shape index (κ2) is 8.44. The van der Waals surface area contributed by atoms with E-state index in [2.05, 4.69) is 12.2 Å². The number of amides is 2. The van der Waals surface area contributed by atoms with Crippen molar-refractivity contribution in [1.29, 1.82) is 0 Å². The van der Waals surface area contributed by atoms with Crippen molar-refractivity contribution >= 4 is 28.8 Å². The van der Waals surface area contributed by atoms with E-state index in [1.165, 1.54) is 25.3 Å². The average Bonchev–Trinajstić information content (AvgIpc) is 3.03. The van der Waals surface area contributed by atoms with Crippen LogP contribution >= 0.6 is 0 Å². The van der Waals surface area contributed by atoms with Crippen molar-refractivity contribution in [2.24, 2.45) is 0 Å². The van der Waals surface area contributed by atoms with E-state index in [1.807, 2.05) is 24.3 Å². The molecule has 1 aliphatic rings. The third-order valence-corrected chi connectivity index (χ3v) is 5.16. The molecule has 2 amide bonds. The summed E-state index contributed by atoms with van der Waals surface area (Å²) in [6.07, 6.45) is 0.889. The fraction of sp³-hybridized carbons (Fsp3) is 0.120. The number of methoxy groups -OCH3 is 1. The van der Waals surface area contributed by atoms with Crippen LogP contribution in [0.4, 0.5) is 15.8 Å². The molecule has 3 aromatic rings. The van der Waals surface area contributed by atoms with E-state index in [9.17, 15) is 14.0 Å². The molecule has 1 heterocycles. The lowest BCUT2D eigenvalue weighted by Gasteiger charge is -2.15. The summed E-state index contributed by atoms with van der Waals surface area (Å²) in [4.78, 5) is 27.8. The molecule has 0 spiro atoms. The van der Waals surface area contributed by atoms with Crippen molar-refractivity contribution in [3.05, 3.63) is 95.4 Å². The summed E-state index contributed by atoms with van der Waals surface area (Å²) < 4.78 is 19.3. The molecule has 0 aromatic heterocycles. The van der Waals surface area contributed by atoms with Crippen LogP contribution in [0.3, 0.4) is 0 Å². The minimum absolute atomic E-state index is 0.114. The molecular formula is C25H21FN2O3. The Morgan fingerprint density at radius 1 is 0.935 bits per heavy atom. The van der Waals surface area contributed by atoms with Crippen molar-refractivity contribution in [2.75, 3.05) is 17.3 Å². The monoisotopic (exact) mass is 416 g/mol. The van der Waals surface area contributed by atoms with Gasteiger partial charge in [0.2, 0.25) is 0 Å². The number of carbonyl (C=O) groups is 2. The number of hydrogen-bond acceptors (Lipinski definition) is 4. The van der Waals surface area contributed by atoms with Crippen LogP contribution in [0.2, 0.25) is 0 Å². The number of ether oxygens (including phenoxy) is 1. The fourth-order valence-electron chi connectivity index (χ4n) is 3.56. The third-order valence-electron chi connectivity index (χ3n) is 5.16. The smallest absolute Gasteiger partial charge is 0.282 e. The van der Waals surface area contributed by atoms with E-state index in [-0.39, 0.29) is 17.0 Å². The van der Waals surface area contributed by atoms with E-state index in [4.69, 9.17) is 4.74 Å². The predicted octanol–water partition coefficient (Wildman–Crippen LogP) is 4.79. The minimum Gasteiger partial charge on any atom is -0.496 e. The Bertz CT molecular complexity index is 1190. The standard InChI is InChI=1S/C25H21FN2O3/c1-3-16-11-13-18(14-12-16)27-23-22(20-9-4-5-10-21(20)31-2)24(29)28(25(23)30)19-8-6-7-17(26)15-19/h4-15,27H,3H2,1-2H3. The van der Waals surface area contributed by atoms with Gasteiger partial charge in [0.05, 0.1) is 18.4 Å². The predicted molar refractivity (Wildman–Crippen MR) is 118 cm³/mol. The Morgan fingerprint density at radius 2 is 1.68 bits per heavy atom. The third kappa shape index (κ3) is 3.80. The van der Waals surface area contributed by atoms with Gasteiger partial charge in [-0.25, -0.2) is 9.29 Å². The fourth-order valence-corrected chi connectivity index (χ4v) is 3.56. The van der Waals surface area contributed by atoms with Crippen molar-refractivity contribution in [1.82, 2.24) is 0 Å². The zero-order valence-electron chi connectivity index (χ0n) is 17.2. The second-order valence-electron chi connectivity index (χ2n) is 7.05. The van der Waals surface area contributed by atoms with E-state index in [0.717, 1.165) is 23.0 Å². The zero-order chi connectivity index (χ0) is 22.0.